The van der Waals surface area contributed by atoms with Crippen molar-refractivity contribution in [2.45, 2.75) is 26.3 Å². The van der Waals surface area contributed by atoms with Gasteiger partial charge in [-0.15, -0.1) is 0 Å². The molecule has 2 nitrogen and oxygen atoms in total. The number of fused-ring (bicyclic) bond motifs is 1. The van der Waals surface area contributed by atoms with Crippen LogP contribution in [0.3, 0.4) is 0 Å². The van der Waals surface area contributed by atoms with E-state index in [1.165, 1.54) is 22.1 Å². The van der Waals surface area contributed by atoms with Gasteiger partial charge in [0.05, 0.1) is 6.04 Å². The maximum atomic E-state index is 6.09. The molecule has 0 amide bonds. The summed E-state index contributed by atoms with van der Waals surface area (Å²) in [6.45, 7) is 4.20. The van der Waals surface area contributed by atoms with Crippen LogP contribution in [-0.2, 0) is 6.42 Å². The summed E-state index contributed by atoms with van der Waals surface area (Å²) in [5.74, 6) is 1.00. The van der Waals surface area contributed by atoms with Gasteiger partial charge in [0.2, 0.25) is 0 Å². The molecule has 0 spiro atoms. The summed E-state index contributed by atoms with van der Waals surface area (Å²) >= 11 is 0. The lowest BCUT2D eigenvalue weighted by molar-refractivity contribution is 0.450. The van der Waals surface area contributed by atoms with Crippen molar-refractivity contribution in [1.29, 1.82) is 0 Å². The second kappa shape index (κ2) is 5.74. The van der Waals surface area contributed by atoms with Gasteiger partial charge in [-0.1, -0.05) is 48.0 Å². The highest BCUT2D eigenvalue weighted by Gasteiger charge is 2.16. The second-order valence-electron chi connectivity index (χ2n) is 5.67. The minimum Gasteiger partial charge on any atom is -0.459 e. The van der Waals surface area contributed by atoms with Crippen LogP contribution in [0.2, 0.25) is 0 Å². The summed E-state index contributed by atoms with van der Waals surface area (Å²) in [6, 6.07) is 17.3. The van der Waals surface area contributed by atoms with Crippen LogP contribution in [0.15, 0.2) is 52.9 Å². The molecule has 108 valence electrons. The molecule has 0 bridgehead atoms. The van der Waals surface area contributed by atoms with Crippen molar-refractivity contribution in [2.75, 3.05) is 7.05 Å². The van der Waals surface area contributed by atoms with Crippen LogP contribution in [0.1, 0.15) is 28.5 Å². The summed E-state index contributed by atoms with van der Waals surface area (Å²) in [4.78, 5) is 0. The molecule has 1 aromatic heterocycles. The monoisotopic (exact) mass is 279 g/mol. The third-order valence-corrected chi connectivity index (χ3v) is 4.01. The number of para-hydroxylation sites is 1. The summed E-state index contributed by atoms with van der Waals surface area (Å²) in [5, 5.41) is 4.54. The lowest BCUT2D eigenvalue weighted by atomic mass is 10.0. The van der Waals surface area contributed by atoms with Gasteiger partial charge in [0.25, 0.3) is 0 Å². The lowest BCUT2D eigenvalue weighted by Gasteiger charge is -2.13. The van der Waals surface area contributed by atoms with Crippen molar-refractivity contribution in [3.63, 3.8) is 0 Å². The number of hydrogen-bond donors (Lipinski definition) is 1. The molecule has 1 atom stereocenters. The summed E-state index contributed by atoms with van der Waals surface area (Å²) in [7, 11) is 1.99. The Morgan fingerprint density at radius 3 is 2.48 bits per heavy atom. The fourth-order valence-electron chi connectivity index (χ4n) is 2.71. The van der Waals surface area contributed by atoms with Crippen LogP contribution in [0, 0.1) is 13.8 Å². The highest BCUT2D eigenvalue weighted by molar-refractivity contribution is 5.81. The molecule has 0 saturated carbocycles. The van der Waals surface area contributed by atoms with E-state index in [9.17, 15) is 0 Å². The number of rotatable bonds is 4. The maximum Gasteiger partial charge on any atom is 0.137 e. The molecule has 3 rings (SSSR count). The summed E-state index contributed by atoms with van der Waals surface area (Å²) < 4.78 is 6.09. The normalized spacial score (nSPS) is 12.7. The Hall–Kier alpha value is -2.06. The molecular weight excluding hydrogens is 258 g/mol. The molecule has 0 aliphatic heterocycles. The van der Waals surface area contributed by atoms with Gasteiger partial charge in [-0.25, -0.2) is 0 Å². The smallest absolute Gasteiger partial charge is 0.137 e. The molecule has 21 heavy (non-hydrogen) atoms. The largest absolute Gasteiger partial charge is 0.459 e. The van der Waals surface area contributed by atoms with E-state index in [1.54, 1.807) is 0 Å². The molecule has 1 heterocycles. The predicted molar refractivity (Wildman–Crippen MR) is 87.6 cm³/mol. The van der Waals surface area contributed by atoms with Crippen molar-refractivity contribution >= 4 is 11.0 Å². The van der Waals surface area contributed by atoms with E-state index >= 15 is 0 Å². The third kappa shape index (κ3) is 2.86. The van der Waals surface area contributed by atoms with Crippen LogP contribution in [0.25, 0.3) is 11.0 Å². The van der Waals surface area contributed by atoms with Crippen molar-refractivity contribution in [1.82, 2.24) is 5.32 Å². The van der Waals surface area contributed by atoms with E-state index in [1.807, 2.05) is 7.05 Å². The Morgan fingerprint density at radius 2 is 1.81 bits per heavy atom. The van der Waals surface area contributed by atoms with E-state index < -0.39 is 0 Å². The highest BCUT2D eigenvalue weighted by Crippen LogP contribution is 2.28. The molecule has 0 radical (unpaired) electrons. The first-order valence-electron chi connectivity index (χ1n) is 7.39. The van der Waals surface area contributed by atoms with Crippen LogP contribution >= 0.6 is 0 Å². The van der Waals surface area contributed by atoms with Crippen molar-refractivity contribution in [2.24, 2.45) is 0 Å². The number of aryl methyl sites for hydroxylation is 2. The molecule has 0 fully saturated rings. The number of furan rings is 1. The van der Waals surface area contributed by atoms with E-state index in [2.05, 4.69) is 67.7 Å². The number of benzene rings is 2. The fourth-order valence-corrected chi connectivity index (χ4v) is 2.71. The Balaban J connectivity index is 1.90. The second-order valence-corrected chi connectivity index (χ2v) is 5.67. The van der Waals surface area contributed by atoms with E-state index in [-0.39, 0.29) is 6.04 Å². The SMILES string of the molecule is CNC(Cc1ccc(C)cc1)c1cc2cccc(C)c2o1. The van der Waals surface area contributed by atoms with Crippen molar-refractivity contribution in [3.05, 3.63) is 71.0 Å². The van der Waals surface area contributed by atoms with E-state index in [0.29, 0.717) is 0 Å². The van der Waals surface area contributed by atoms with Gasteiger partial charge in [0, 0.05) is 5.39 Å². The first-order valence-corrected chi connectivity index (χ1v) is 7.39. The Kier molecular flexibility index (Phi) is 3.80. The zero-order valence-electron chi connectivity index (χ0n) is 12.8. The first-order chi connectivity index (χ1) is 10.2. The summed E-state index contributed by atoms with van der Waals surface area (Å²) in [6.07, 6.45) is 0.926. The topological polar surface area (TPSA) is 25.2 Å². The van der Waals surface area contributed by atoms with Gasteiger partial charge in [-0.05, 0) is 44.5 Å². The first kappa shape index (κ1) is 13.9. The van der Waals surface area contributed by atoms with Gasteiger partial charge in [0.15, 0.2) is 0 Å². The Morgan fingerprint density at radius 1 is 1.05 bits per heavy atom. The van der Waals surface area contributed by atoms with Gasteiger partial charge < -0.3 is 9.73 Å². The minimum absolute atomic E-state index is 0.194. The quantitative estimate of drug-likeness (QED) is 0.757. The fraction of sp³-hybridized carbons (Fsp3) is 0.263. The Bertz CT molecular complexity index is 740. The van der Waals surface area contributed by atoms with Gasteiger partial charge in [-0.3, -0.25) is 0 Å². The molecule has 1 unspecified atom stereocenters. The minimum atomic E-state index is 0.194. The van der Waals surface area contributed by atoms with E-state index in [0.717, 1.165) is 17.8 Å². The highest BCUT2D eigenvalue weighted by atomic mass is 16.3. The molecule has 0 aliphatic rings. The van der Waals surface area contributed by atoms with Crippen LogP contribution in [-0.4, -0.2) is 7.05 Å². The van der Waals surface area contributed by atoms with Gasteiger partial charge in [-0.2, -0.15) is 0 Å². The van der Waals surface area contributed by atoms with Gasteiger partial charge in [0.1, 0.15) is 11.3 Å². The molecular formula is C19H21NO. The van der Waals surface area contributed by atoms with Crippen LogP contribution < -0.4 is 5.32 Å². The van der Waals surface area contributed by atoms with Crippen molar-refractivity contribution < 1.29 is 4.42 Å². The molecule has 2 heteroatoms. The standard InChI is InChI=1S/C19H21NO/c1-13-7-9-15(10-8-13)11-17(20-3)18-12-16-6-4-5-14(2)19(16)21-18/h4-10,12,17,20H,11H2,1-3H3. The lowest BCUT2D eigenvalue weighted by Crippen LogP contribution is -2.18. The maximum absolute atomic E-state index is 6.09. The Labute approximate surface area is 125 Å². The van der Waals surface area contributed by atoms with E-state index in [4.69, 9.17) is 4.42 Å². The van der Waals surface area contributed by atoms with Crippen LogP contribution in [0.4, 0.5) is 0 Å². The number of nitrogens with one attached hydrogen (secondary N) is 1. The molecule has 0 aliphatic carbocycles. The zero-order chi connectivity index (χ0) is 14.8. The summed E-state index contributed by atoms with van der Waals surface area (Å²) in [5.41, 5.74) is 4.79. The average molecular weight is 279 g/mol. The van der Waals surface area contributed by atoms with Crippen molar-refractivity contribution in [3.8, 4) is 0 Å². The molecule has 3 aromatic rings. The number of hydrogen-bond acceptors (Lipinski definition) is 2. The molecule has 1 N–H and O–H groups in total. The zero-order valence-corrected chi connectivity index (χ0v) is 12.8. The number of likely N-dealkylation sites (N-methyl/N-ethyl adjacent to an activating group) is 1. The predicted octanol–water partition coefficient (Wildman–Crippen LogP) is 4.55. The van der Waals surface area contributed by atoms with Gasteiger partial charge >= 0.3 is 0 Å². The third-order valence-electron chi connectivity index (χ3n) is 4.01. The molecule has 2 aromatic carbocycles. The van der Waals surface area contributed by atoms with Crippen LogP contribution in [0.5, 0.6) is 0 Å². The molecule has 0 saturated heterocycles. The average Bonchev–Trinajstić information content (AvgIpc) is 2.92.